The van der Waals surface area contributed by atoms with Crippen LogP contribution in [-0.4, -0.2) is 19.9 Å². The van der Waals surface area contributed by atoms with Crippen LogP contribution in [0.3, 0.4) is 0 Å². The van der Waals surface area contributed by atoms with Crippen molar-refractivity contribution < 1.29 is 0 Å². The lowest BCUT2D eigenvalue weighted by Crippen LogP contribution is -1.93. The molecule has 4 nitrogen and oxygen atoms in total. The molecule has 6 aromatic heterocycles. The molecule has 0 N–H and O–H groups in total. The normalized spacial score (nSPS) is 12.1. The zero-order valence-corrected chi connectivity index (χ0v) is 35.7. The summed E-state index contributed by atoms with van der Waals surface area (Å²) in [5.41, 5.74) is 11.7. The predicted octanol–water partition coefficient (Wildman–Crippen LogP) is 16.4. The zero-order chi connectivity index (χ0) is 41.9. The van der Waals surface area contributed by atoms with E-state index in [9.17, 15) is 0 Å². The average molecular weight is 849 g/mol. The highest BCUT2D eigenvalue weighted by Crippen LogP contribution is 2.43. The van der Waals surface area contributed by atoms with Crippen molar-refractivity contribution in [2.24, 2.45) is 0 Å². The lowest BCUT2D eigenvalue weighted by Gasteiger charge is -2.13. The van der Waals surface area contributed by atoms with Crippen LogP contribution in [0.2, 0.25) is 0 Å². The van der Waals surface area contributed by atoms with Crippen molar-refractivity contribution in [2.45, 2.75) is 0 Å². The minimum absolute atomic E-state index is 0.895. The van der Waals surface area contributed by atoms with Gasteiger partial charge >= 0.3 is 0 Å². The van der Waals surface area contributed by atoms with E-state index in [2.05, 4.69) is 194 Å². The summed E-state index contributed by atoms with van der Waals surface area (Å²) >= 11 is 3.66. The monoisotopic (exact) mass is 848 g/mol. The van der Waals surface area contributed by atoms with Crippen LogP contribution in [0.15, 0.2) is 194 Å². The fraction of sp³-hybridized carbons (Fsp3) is 0. The van der Waals surface area contributed by atoms with Crippen molar-refractivity contribution in [2.75, 3.05) is 0 Å². The van der Waals surface area contributed by atoms with E-state index in [0.717, 1.165) is 99.4 Å². The maximum atomic E-state index is 5.41. The molecule has 0 saturated carbocycles. The second kappa shape index (κ2) is 13.8. The summed E-state index contributed by atoms with van der Waals surface area (Å²) in [5.74, 6) is 0. The summed E-state index contributed by atoms with van der Waals surface area (Å²) in [6, 6.07) is 69.3. The molecule has 6 heterocycles. The van der Waals surface area contributed by atoms with Gasteiger partial charge < -0.3 is 0 Å². The van der Waals surface area contributed by atoms with Crippen molar-refractivity contribution >= 4 is 117 Å². The van der Waals surface area contributed by atoms with Gasteiger partial charge in [-0.1, -0.05) is 158 Å². The van der Waals surface area contributed by atoms with Crippen LogP contribution in [0, 0.1) is 0 Å². The van der Waals surface area contributed by atoms with Gasteiger partial charge in [0.1, 0.15) is 0 Å². The van der Waals surface area contributed by atoms with E-state index in [1.807, 2.05) is 22.7 Å². The van der Waals surface area contributed by atoms with Crippen molar-refractivity contribution in [3.05, 3.63) is 194 Å². The molecule has 0 fully saturated rings. The van der Waals surface area contributed by atoms with Crippen molar-refractivity contribution in [3.8, 4) is 45.0 Å². The number of benzene rings is 8. The molecule has 8 aromatic carbocycles. The largest absolute Gasteiger partial charge is 0.245 e. The van der Waals surface area contributed by atoms with E-state index in [0.29, 0.717) is 0 Å². The number of rotatable bonds is 4. The van der Waals surface area contributed by atoms with Gasteiger partial charge in [0.15, 0.2) is 0 Å². The average Bonchev–Trinajstić information content (AvgIpc) is 3.94. The number of thiophene rings is 2. The molecule has 0 saturated heterocycles. The Hall–Kier alpha value is -7.90. The van der Waals surface area contributed by atoms with Crippen LogP contribution in [0.4, 0.5) is 0 Å². The Morgan fingerprint density at radius 1 is 0.234 bits per heavy atom. The molecule has 0 aliphatic rings. The molecule has 296 valence electrons. The SMILES string of the molecule is c1ccc2c(c1)sc1c(-c3ccc4ccc5ccc(-c6ccc(-c7ccc8ccc9ccc(-c%10cccc%11c%10sc%10ccccc%10%11)nc9c8n7)c7ccccc67)nc5c4n3)cccc12. The van der Waals surface area contributed by atoms with Gasteiger partial charge in [0, 0.05) is 84.1 Å². The van der Waals surface area contributed by atoms with Gasteiger partial charge in [-0.05, 0) is 47.2 Å². The number of hydrogen-bond donors (Lipinski definition) is 0. The maximum Gasteiger partial charge on any atom is 0.0972 e. The molecule has 0 aliphatic carbocycles. The molecule has 0 unspecified atom stereocenters. The molecule has 0 spiro atoms. The third-order valence-corrected chi connectivity index (χ3v) is 15.3. The van der Waals surface area contributed by atoms with Gasteiger partial charge in [-0.2, -0.15) is 0 Å². The Kier molecular flexibility index (Phi) is 7.69. The minimum atomic E-state index is 0.895. The van der Waals surface area contributed by atoms with Gasteiger partial charge in [-0.3, -0.25) is 0 Å². The van der Waals surface area contributed by atoms with Gasteiger partial charge in [0.25, 0.3) is 0 Å². The molecule has 6 heteroatoms. The fourth-order valence-corrected chi connectivity index (χ4v) is 12.2. The molecule has 0 amide bonds. The van der Waals surface area contributed by atoms with Gasteiger partial charge in [0.05, 0.1) is 44.8 Å². The van der Waals surface area contributed by atoms with Crippen LogP contribution in [-0.2, 0) is 0 Å². The number of pyridine rings is 4. The Labute approximate surface area is 374 Å². The third-order valence-electron chi connectivity index (χ3n) is 12.9. The Balaban J connectivity index is 0.892. The van der Waals surface area contributed by atoms with Gasteiger partial charge in [-0.15, -0.1) is 22.7 Å². The summed E-state index contributed by atoms with van der Waals surface area (Å²) in [5, 5.41) is 11.6. The minimum Gasteiger partial charge on any atom is -0.245 e. The van der Waals surface area contributed by atoms with Crippen LogP contribution in [0.5, 0.6) is 0 Å². The maximum absolute atomic E-state index is 5.41. The van der Waals surface area contributed by atoms with E-state index in [-0.39, 0.29) is 0 Å². The number of fused-ring (bicyclic) bond motifs is 13. The zero-order valence-electron chi connectivity index (χ0n) is 34.1. The van der Waals surface area contributed by atoms with Gasteiger partial charge in [0.2, 0.25) is 0 Å². The summed E-state index contributed by atoms with van der Waals surface area (Å²) in [4.78, 5) is 21.6. The van der Waals surface area contributed by atoms with E-state index < -0.39 is 0 Å². The third kappa shape index (κ3) is 5.40. The highest BCUT2D eigenvalue weighted by Gasteiger charge is 2.18. The number of hydrogen-bond acceptors (Lipinski definition) is 6. The Morgan fingerprint density at radius 2 is 0.547 bits per heavy atom. The molecular formula is C58H32N4S2. The molecule has 0 atom stereocenters. The smallest absolute Gasteiger partial charge is 0.0972 e. The van der Waals surface area contributed by atoms with E-state index >= 15 is 0 Å². The van der Waals surface area contributed by atoms with E-state index in [1.54, 1.807) is 0 Å². The summed E-state index contributed by atoms with van der Waals surface area (Å²) < 4.78 is 5.09. The van der Waals surface area contributed by atoms with E-state index in [4.69, 9.17) is 19.9 Å². The Morgan fingerprint density at radius 3 is 0.938 bits per heavy atom. The van der Waals surface area contributed by atoms with E-state index in [1.165, 1.54) is 40.3 Å². The highest BCUT2D eigenvalue weighted by molar-refractivity contribution is 7.26. The number of aromatic nitrogens is 4. The molecule has 14 aromatic rings. The first kappa shape index (κ1) is 35.7. The summed E-state index contributed by atoms with van der Waals surface area (Å²) in [7, 11) is 0. The van der Waals surface area contributed by atoms with Crippen LogP contribution < -0.4 is 0 Å². The summed E-state index contributed by atoms with van der Waals surface area (Å²) in [6.07, 6.45) is 0. The van der Waals surface area contributed by atoms with Crippen LogP contribution >= 0.6 is 22.7 Å². The topological polar surface area (TPSA) is 51.6 Å². The lowest BCUT2D eigenvalue weighted by molar-refractivity contribution is 1.37. The van der Waals surface area contributed by atoms with Crippen molar-refractivity contribution in [3.63, 3.8) is 0 Å². The van der Waals surface area contributed by atoms with Crippen molar-refractivity contribution in [1.29, 1.82) is 0 Å². The lowest BCUT2D eigenvalue weighted by atomic mass is 9.95. The fourth-order valence-electron chi connectivity index (χ4n) is 9.78. The molecule has 0 bridgehead atoms. The first-order valence-corrected chi connectivity index (χ1v) is 23.1. The number of nitrogens with zero attached hydrogens (tertiary/aromatic N) is 4. The predicted molar refractivity (Wildman–Crippen MR) is 273 cm³/mol. The second-order valence-corrected chi connectivity index (χ2v) is 18.6. The quantitative estimate of drug-likeness (QED) is 0.166. The second-order valence-electron chi connectivity index (χ2n) is 16.5. The highest BCUT2D eigenvalue weighted by atomic mass is 32.1. The molecule has 64 heavy (non-hydrogen) atoms. The molecule has 14 rings (SSSR count). The van der Waals surface area contributed by atoms with Crippen LogP contribution in [0.1, 0.15) is 0 Å². The molecule has 0 radical (unpaired) electrons. The standard InChI is InChI=1S/C58H32N4S2/c1-2-10-38-37(9-1)39(47-29-23-33-19-21-35-25-31-49(61-55(35)53(33)59-47)45-15-7-13-43-41-11-3-5-17-51(41)63-57(43)45)27-28-40(38)48-30-24-34-20-22-36-26-32-50(62-56(36)54(34)60-48)46-16-8-14-44-42-12-4-6-18-52(42)64-58(44)46/h1-32H. The van der Waals surface area contributed by atoms with Crippen molar-refractivity contribution in [1.82, 2.24) is 19.9 Å². The molecular weight excluding hydrogens is 817 g/mol. The first-order valence-electron chi connectivity index (χ1n) is 21.5. The first-order chi connectivity index (χ1) is 31.7. The Bertz CT molecular complexity index is 4000. The van der Waals surface area contributed by atoms with Gasteiger partial charge in [-0.25, -0.2) is 19.9 Å². The van der Waals surface area contributed by atoms with Crippen LogP contribution in [0.25, 0.3) is 140 Å². The molecule has 0 aliphatic heterocycles. The summed E-state index contributed by atoms with van der Waals surface area (Å²) in [6.45, 7) is 0.